The van der Waals surface area contributed by atoms with Crippen LogP contribution in [-0.2, 0) is 34.1 Å². The van der Waals surface area contributed by atoms with Crippen LogP contribution >= 0.6 is 11.3 Å². The first kappa shape index (κ1) is 48.0. The molecule has 4 aliphatic rings. The van der Waals surface area contributed by atoms with Gasteiger partial charge in [-0.15, -0.1) is 0 Å². The predicted molar refractivity (Wildman–Crippen MR) is 272 cm³/mol. The van der Waals surface area contributed by atoms with Crippen LogP contribution in [0.3, 0.4) is 0 Å². The number of thiazole rings is 1. The van der Waals surface area contributed by atoms with Crippen molar-refractivity contribution in [1.82, 2.24) is 15.2 Å². The Balaban J connectivity index is 1.27. The summed E-state index contributed by atoms with van der Waals surface area (Å²) < 4.78 is 18.4. The molecule has 3 N–H and O–H groups in total. The van der Waals surface area contributed by atoms with Crippen molar-refractivity contribution in [2.45, 2.75) is 75.2 Å². The molecule has 4 amide bonds. The van der Waals surface area contributed by atoms with Gasteiger partial charge in [0.05, 0.1) is 47.6 Å². The first-order valence-corrected chi connectivity index (χ1v) is 25.0. The highest BCUT2D eigenvalue weighted by molar-refractivity contribution is 7.22. The number of aliphatic hydroxyl groups is 1. The Morgan fingerprint density at radius 1 is 0.875 bits per heavy atom. The van der Waals surface area contributed by atoms with Gasteiger partial charge in [0.2, 0.25) is 11.8 Å². The Morgan fingerprint density at radius 3 is 2.28 bits per heavy atom. The highest BCUT2D eigenvalue weighted by Crippen LogP contribution is 2.66. The zero-order valence-corrected chi connectivity index (χ0v) is 40.8. The number of aromatic nitrogens is 1. The van der Waals surface area contributed by atoms with Gasteiger partial charge in [-0.1, -0.05) is 128 Å². The van der Waals surface area contributed by atoms with Crippen LogP contribution in [0.25, 0.3) is 10.2 Å². The quantitative estimate of drug-likeness (QED) is 0.0836. The number of fused-ring (bicyclic) bond motifs is 4. The summed E-state index contributed by atoms with van der Waals surface area (Å²) in [7, 11) is 1.22. The second-order valence-corrected chi connectivity index (χ2v) is 19.7. The van der Waals surface area contributed by atoms with Gasteiger partial charge in [0.25, 0.3) is 0 Å². The van der Waals surface area contributed by atoms with Gasteiger partial charge in [0, 0.05) is 5.56 Å². The molecule has 7 atom stereocenters. The molecule has 6 aromatic rings. The molecule has 1 spiro atoms. The van der Waals surface area contributed by atoms with Crippen LogP contribution in [0.1, 0.15) is 85.5 Å². The van der Waals surface area contributed by atoms with Crippen molar-refractivity contribution in [1.29, 1.82) is 0 Å². The maximum atomic E-state index is 16.8. The van der Waals surface area contributed by atoms with Crippen molar-refractivity contribution < 1.29 is 43.3 Å². The molecular weight excluding hydrogens is 931 g/mol. The fourth-order valence-electron chi connectivity index (χ4n) is 10.9. The molecule has 10 rings (SSSR count). The largest absolute Gasteiger partial charge is 0.491 e. The highest BCUT2D eigenvalue weighted by Gasteiger charge is 2.75. The molecule has 1 aliphatic carbocycles. The van der Waals surface area contributed by atoms with E-state index < -0.39 is 77.3 Å². The number of anilines is 2. The second kappa shape index (κ2) is 20.2. The fourth-order valence-corrected chi connectivity index (χ4v) is 11.8. The lowest BCUT2D eigenvalue weighted by Crippen LogP contribution is -2.57. The average Bonchev–Trinajstić information content (AvgIpc) is 4.05. The lowest BCUT2D eigenvalue weighted by molar-refractivity contribution is -0.177. The number of aliphatic hydroxyl groups excluding tert-OH is 1. The lowest BCUT2D eigenvalue weighted by atomic mass is 9.65. The smallest absolute Gasteiger partial charge is 0.329 e. The van der Waals surface area contributed by atoms with Gasteiger partial charge in [-0.3, -0.25) is 19.3 Å². The summed E-state index contributed by atoms with van der Waals surface area (Å²) in [6.45, 7) is 3.29. The Labute approximate surface area is 421 Å². The van der Waals surface area contributed by atoms with E-state index in [1.165, 1.54) is 18.4 Å². The topological polar surface area (TPSA) is 177 Å². The van der Waals surface area contributed by atoms with Crippen LogP contribution in [0.5, 0.6) is 5.75 Å². The number of nitrogens with zero attached hydrogens (tertiary/aromatic N) is 3. The number of cyclic esters (lactones) is 1. The number of hydrogen-bond acceptors (Lipinski definition) is 12. The molecule has 15 heteroatoms. The number of urea groups is 1. The van der Waals surface area contributed by atoms with Gasteiger partial charge in [-0.25, -0.2) is 19.5 Å². The molecule has 4 heterocycles. The van der Waals surface area contributed by atoms with Gasteiger partial charge < -0.3 is 30.0 Å². The number of benzene rings is 5. The van der Waals surface area contributed by atoms with Crippen molar-refractivity contribution in [3.8, 4) is 17.6 Å². The molecule has 14 nitrogen and oxygen atoms in total. The number of esters is 2. The van der Waals surface area contributed by atoms with E-state index in [0.717, 1.165) is 46.4 Å². The zero-order chi connectivity index (χ0) is 50.1. The average molecular weight is 984 g/mol. The number of hydrogen-bond donors (Lipinski definition) is 3. The number of amides is 4. The van der Waals surface area contributed by atoms with E-state index in [1.54, 1.807) is 56.3 Å². The van der Waals surface area contributed by atoms with Crippen LogP contribution < -0.4 is 20.3 Å². The van der Waals surface area contributed by atoms with Gasteiger partial charge in [-0.05, 0) is 102 Å². The third kappa shape index (κ3) is 8.59. The summed E-state index contributed by atoms with van der Waals surface area (Å²) >= 11 is 1.24. The summed E-state index contributed by atoms with van der Waals surface area (Å²) in [5, 5.41) is 15.7. The Bertz CT molecular complexity index is 3120. The number of para-hydroxylation sites is 1. The van der Waals surface area contributed by atoms with Gasteiger partial charge in [0.15, 0.2) is 5.13 Å². The minimum atomic E-state index is -2.11. The molecular formula is C57H53N5O9S. The van der Waals surface area contributed by atoms with Crippen molar-refractivity contribution in [2.24, 2.45) is 11.8 Å². The van der Waals surface area contributed by atoms with Crippen LogP contribution in [0.15, 0.2) is 139 Å². The number of carbonyl (C=O) groups is 5. The molecule has 3 aliphatic heterocycles. The molecule has 0 saturated carbocycles. The first-order valence-electron chi connectivity index (χ1n) is 24.2. The van der Waals surface area contributed by atoms with E-state index in [0.29, 0.717) is 28.0 Å². The van der Waals surface area contributed by atoms with Crippen molar-refractivity contribution in [2.75, 3.05) is 30.5 Å². The van der Waals surface area contributed by atoms with E-state index >= 15 is 19.2 Å². The highest BCUT2D eigenvalue weighted by atomic mass is 32.1. The lowest BCUT2D eigenvalue weighted by Gasteiger charge is -2.46. The molecule has 0 bridgehead atoms. The third-order valence-corrected chi connectivity index (χ3v) is 15.0. The summed E-state index contributed by atoms with van der Waals surface area (Å²) in [5.74, 6) is 2.05. The van der Waals surface area contributed by atoms with Crippen molar-refractivity contribution >= 4 is 62.2 Å². The normalized spacial score (nSPS) is 22.8. The number of morpholine rings is 1. The molecule has 2 fully saturated rings. The molecule has 366 valence electrons. The second-order valence-electron chi connectivity index (χ2n) is 18.7. The standard InChI is InChI=1S/C57H53N5O9S/c1-34(2)46(52(65)69-3)59-56(68)61-43-30-25-36(24-23-35-15-7-4-8-16-35)33-41(43)57(54(61)67)45(51(64)60-55-58-42-21-13-14-22-44(42)72-55)48-53(66)71-49(38-19-11-6-12-20-38)47(37-17-9-5-10-18-37)62(48)50(57)39-26-28-40(29-27-39)70-32-31-63/h5-6,9-15,17-22,25-30,33-34,45-50,63H,4,7-8,16,31-32H2,1-3H3,(H,59,68)(H,58,60,64). The van der Waals surface area contributed by atoms with Gasteiger partial charge >= 0.3 is 18.0 Å². The summed E-state index contributed by atoms with van der Waals surface area (Å²) in [4.78, 5) is 84.5. The summed E-state index contributed by atoms with van der Waals surface area (Å²) in [5.41, 5.74) is 2.36. The van der Waals surface area contributed by atoms with E-state index in [9.17, 15) is 9.90 Å². The fraction of sp³-hybridized carbons (Fsp3) is 0.298. The van der Waals surface area contributed by atoms with E-state index in [4.69, 9.17) is 19.2 Å². The molecule has 0 radical (unpaired) electrons. The molecule has 7 unspecified atom stereocenters. The van der Waals surface area contributed by atoms with Gasteiger partial charge in [-0.2, -0.15) is 0 Å². The number of ether oxygens (including phenoxy) is 3. The maximum Gasteiger partial charge on any atom is 0.329 e. The Morgan fingerprint density at radius 2 is 1.60 bits per heavy atom. The molecule has 5 aromatic carbocycles. The van der Waals surface area contributed by atoms with Crippen molar-refractivity contribution in [3.05, 3.63) is 167 Å². The summed E-state index contributed by atoms with van der Waals surface area (Å²) in [6, 6.07) is 32.8. The number of rotatable bonds is 11. The van der Waals surface area contributed by atoms with E-state index in [-0.39, 0.29) is 29.6 Å². The van der Waals surface area contributed by atoms with Gasteiger partial charge in [0.1, 0.15) is 36.0 Å². The number of allylic oxidation sites excluding steroid dienone is 2. The first-order chi connectivity index (χ1) is 35.0. The SMILES string of the molecule is COC(=O)C(NC(=O)N1C(=O)C2(c3cc(C#CC4=CCCCC4)ccc31)C(C(=O)Nc1nc3ccccc3s1)C1C(=O)OC(c3ccccc3)C(c3ccccc3)N1C2c1ccc(OCCO)cc1)C(C)C. The number of carbonyl (C=O) groups excluding carboxylic acids is 5. The van der Waals surface area contributed by atoms with Crippen molar-refractivity contribution in [3.63, 3.8) is 0 Å². The van der Waals surface area contributed by atoms with E-state index in [2.05, 4.69) is 28.6 Å². The number of nitrogens with one attached hydrogen (secondary N) is 2. The van der Waals surface area contributed by atoms with Crippen LogP contribution in [0, 0.1) is 23.7 Å². The maximum absolute atomic E-state index is 16.8. The number of imide groups is 1. The Hall–Kier alpha value is -7.64. The van der Waals surface area contributed by atoms with Crippen LogP contribution in [-0.4, -0.2) is 77.2 Å². The predicted octanol–water partition coefficient (Wildman–Crippen LogP) is 8.73. The minimum absolute atomic E-state index is 0.0230. The minimum Gasteiger partial charge on any atom is -0.491 e. The number of methoxy groups -OCH3 is 1. The third-order valence-electron chi connectivity index (χ3n) is 14.1. The molecule has 72 heavy (non-hydrogen) atoms. The molecule has 2 saturated heterocycles. The monoisotopic (exact) mass is 983 g/mol. The van der Waals surface area contributed by atoms with Crippen LogP contribution in [0.2, 0.25) is 0 Å². The Kier molecular flexibility index (Phi) is 13.5. The summed E-state index contributed by atoms with van der Waals surface area (Å²) in [6.07, 6.45) is 5.00. The van der Waals surface area contributed by atoms with Crippen LogP contribution in [0.4, 0.5) is 15.6 Å². The van der Waals surface area contributed by atoms with E-state index in [1.807, 2.05) is 89.8 Å². The molecule has 1 aromatic heterocycles. The zero-order valence-electron chi connectivity index (χ0n) is 39.9.